The van der Waals surface area contributed by atoms with E-state index in [1.54, 1.807) is 6.92 Å². The topological polar surface area (TPSA) is 55.8 Å². The van der Waals surface area contributed by atoms with Crippen LogP contribution >= 0.6 is 0 Å². The third-order valence-electron chi connectivity index (χ3n) is 2.66. The largest absolute Gasteiger partial charge is 0.490 e. The van der Waals surface area contributed by atoms with Crippen LogP contribution in [0.1, 0.15) is 13.3 Å². The van der Waals surface area contributed by atoms with Crippen molar-refractivity contribution >= 4 is 12.0 Å². The van der Waals surface area contributed by atoms with Crippen LogP contribution < -0.4 is 4.74 Å². The Kier molecular flexibility index (Phi) is 3.82. The van der Waals surface area contributed by atoms with E-state index >= 15 is 0 Å². The van der Waals surface area contributed by atoms with Gasteiger partial charge in [-0.1, -0.05) is 25.1 Å². The lowest BCUT2D eigenvalue weighted by atomic mass is 10.3. The van der Waals surface area contributed by atoms with Crippen LogP contribution in [-0.2, 0) is 9.53 Å². The highest BCUT2D eigenvalue weighted by Gasteiger charge is 2.35. The Morgan fingerprint density at radius 2 is 2.17 bits per heavy atom. The lowest BCUT2D eigenvalue weighted by molar-refractivity contribution is -0.127. The molecule has 2 amide bonds. The van der Waals surface area contributed by atoms with Crippen LogP contribution in [0.25, 0.3) is 0 Å². The van der Waals surface area contributed by atoms with Gasteiger partial charge in [0, 0.05) is 6.42 Å². The minimum Gasteiger partial charge on any atom is -0.490 e. The molecule has 5 nitrogen and oxygen atoms in total. The molecule has 0 aromatic heterocycles. The van der Waals surface area contributed by atoms with E-state index in [2.05, 4.69) is 0 Å². The van der Waals surface area contributed by atoms with E-state index in [1.807, 2.05) is 30.3 Å². The van der Waals surface area contributed by atoms with Crippen LogP contribution in [0.5, 0.6) is 5.75 Å². The zero-order valence-corrected chi connectivity index (χ0v) is 10.2. The summed E-state index contributed by atoms with van der Waals surface area (Å²) in [6, 6.07) is 9.27. The van der Waals surface area contributed by atoms with Crippen molar-refractivity contribution in [1.82, 2.24) is 4.90 Å². The summed E-state index contributed by atoms with van der Waals surface area (Å²) in [4.78, 5) is 24.0. The smallest absolute Gasteiger partial charge is 0.417 e. The molecule has 1 fully saturated rings. The summed E-state index contributed by atoms with van der Waals surface area (Å²) in [5.41, 5.74) is 0. The summed E-state index contributed by atoms with van der Waals surface area (Å²) in [5.74, 6) is 0.496. The minimum absolute atomic E-state index is 0.220. The van der Waals surface area contributed by atoms with Gasteiger partial charge in [0.05, 0.1) is 6.54 Å². The highest BCUT2D eigenvalue weighted by molar-refractivity contribution is 5.92. The van der Waals surface area contributed by atoms with E-state index in [0.29, 0.717) is 12.2 Å². The van der Waals surface area contributed by atoms with Crippen molar-refractivity contribution in [2.45, 2.75) is 19.4 Å². The molecule has 5 heteroatoms. The summed E-state index contributed by atoms with van der Waals surface area (Å²) in [5, 5.41) is 0. The molecule has 1 aliphatic heterocycles. The Labute approximate surface area is 105 Å². The van der Waals surface area contributed by atoms with Crippen molar-refractivity contribution in [3.63, 3.8) is 0 Å². The summed E-state index contributed by atoms with van der Waals surface area (Å²) in [6.07, 6.45) is -0.682. The van der Waals surface area contributed by atoms with Crippen molar-refractivity contribution in [3.8, 4) is 5.75 Å². The summed E-state index contributed by atoms with van der Waals surface area (Å²) < 4.78 is 10.5. The van der Waals surface area contributed by atoms with Crippen molar-refractivity contribution in [1.29, 1.82) is 0 Å². The number of imide groups is 1. The fourth-order valence-electron chi connectivity index (χ4n) is 1.71. The van der Waals surface area contributed by atoms with Gasteiger partial charge in [0.1, 0.15) is 12.4 Å². The first-order valence-corrected chi connectivity index (χ1v) is 5.89. The van der Waals surface area contributed by atoms with Gasteiger partial charge < -0.3 is 9.47 Å². The zero-order valence-electron chi connectivity index (χ0n) is 10.2. The quantitative estimate of drug-likeness (QED) is 0.816. The van der Waals surface area contributed by atoms with Gasteiger partial charge in [-0.25, -0.2) is 9.69 Å². The maximum atomic E-state index is 11.4. The third-order valence-corrected chi connectivity index (χ3v) is 2.66. The van der Waals surface area contributed by atoms with Crippen LogP contribution in [0.4, 0.5) is 4.79 Å². The molecule has 0 aliphatic carbocycles. The Balaban J connectivity index is 1.86. The van der Waals surface area contributed by atoms with Gasteiger partial charge in [0.2, 0.25) is 5.91 Å². The lowest BCUT2D eigenvalue weighted by Crippen LogP contribution is -2.32. The number of nitrogens with zero attached hydrogens (tertiary/aromatic N) is 1. The van der Waals surface area contributed by atoms with Crippen LogP contribution in [0.3, 0.4) is 0 Å². The molecule has 1 atom stereocenters. The van der Waals surface area contributed by atoms with E-state index < -0.39 is 12.2 Å². The number of rotatable bonds is 4. The Bertz CT molecular complexity index is 432. The molecule has 0 saturated carbocycles. The number of ether oxygens (including phenoxy) is 2. The number of carbonyl (C=O) groups is 2. The van der Waals surface area contributed by atoms with E-state index in [0.717, 1.165) is 4.90 Å². The predicted octanol–water partition coefficient (Wildman–Crippen LogP) is 1.82. The molecule has 1 heterocycles. The van der Waals surface area contributed by atoms with Gasteiger partial charge in [-0.3, -0.25) is 4.79 Å². The minimum atomic E-state index is -0.580. The highest BCUT2D eigenvalue weighted by Crippen LogP contribution is 2.15. The summed E-state index contributed by atoms with van der Waals surface area (Å²) in [6.45, 7) is 2.23. The first kappa shape index (κ1) is 12.4. The molecule has 1 saturated heterocycles. The molecular formula is C13H15NO4. The molecule has 1 unspecified atom stereocenters. The second-order valence-corrected chi connectivity index (χ2v) is 3.99. The fourth-order valence-corrected chi connectivity index (χ4v) is 1.71. The molecule has 1 aromatic carbocycles. The highest BCUT2D eigenvalue weighted by atomic mass is 16.6. The van der Waals surface area contributed by atoms with Crippen LogP contribution in [0.15, 0.2) is 30.3 Å². The fraction of sp³-hybridized carbons (Fsp3) is 0.385. The normalized spacial score (nSPS) is 18.6. The van der Waals surface area contributed by atoms with Gasteiger partial charge in [0.25, 0.3) is 0 Å². The number of amides is 2. The molecule has 1 aliphatic rings. The first-order chi connectivity index (χ1) is 8.70. The van der Waals surface area contributed by atoms with Crippen molar-refractivity contribution < 1.29 is 19.1 Å². The maximum Gasteiger partial charge on any atom is 0.417 e. The van der Waals surface area contributed by atoms with Crippen molar-refractivity contribution in [2.75, 3.05) is 13.2 Å². The van der Waals surface area contributed by atoms with Crippen LogP contribution in [0, 0.1) is 0 Å². The molecule has 2 rings (SSSR count). The van der Waals surface area contributed by atoms with Gasteiger partial charge in [-0.2, -0.15) is 0 Å². The first-order valence-electron chi connectivity index (χ1n) is 5.89. The van der Waals surface area contributed by atoms with E-state index in [-0.39, 0.29) is 19.1 Å². The number of cyclic esters (lactones) is 1. The SMILES string of the molecule is CCC(=O)N1CC(COc2ccccc2)OC1=O. The average molecular weight is 249 g/mol. The van der Waals surface area contributed by atoms with Gasteiger partial charge in [-0.05, 0) is 12.1 Å². The average Bonchev–Trinajstić information content (AvgIpc) is 2.78. The molecule has 0 N–H and O–H groups in total. The van der Waals surface area contributed by atoms with Gasteiger partial charge in [-0.15, -0.1) is 0 Å². The lowest BCUT2D eigenvalue weighted by Gasteiger charge is -2.10. The predicted molar refractivity (Wildman–Crippen MR) is 64.2 cm³/mol. The Hall–Kier alpha value is -2.04. The van der Waals surface area contributed by atoms with E-state index in [9.17, 15) is 9.59 Å². The second-order valence-electron chi connectivity index (χ2n) is 3.99. The van der Waals surface area contributed by atoms with Gasteiger partial charge >= 0.3 is 6.09 Å². The van der Waals surface area contributed by atoms with Crippen molar-refractivity contribution in [3.05, 3.63) is 30.3 Å². The Morgan fingerprint density at radius 3 is 2.83 bits per heavy atom. The number of para-hydroxylation sites is 1. The number of hydrogen-bond acceptors (Lipinski definition) is 4. The van der Waals surface area contributed by atoms with Gasteiger partial charge in [0.15, 0.2) is 6.10 Å². The standard InChI is InChI=1S/C13H15NO4/c1-2-12(15)14-8-11(18-13(14)16)9-17-10-6-4-3-5-7-10/h3-7,11H,2,8-9H2,1H3. The monoisotopic (exact) mass is 249 g/mol. The zero-order chi connectivity index (χ0) is 13.0. The molecule has 0 spiro atoms. The summed E-state index contributed by atoms with van der Waals surface area (Å²) in [7, 11) is 0. The molecule has 0 radical (unpaired) electrons. The third kappa shape index (κ3) is 2.80. The van der Waals surface area contributed by atoms with E-state index in [1.165, 1.54) is 0 Å². The van der Waals surface area contributed by atoms with Crippen LogP contribution in [-0.4, -0.2) is 36.2 Å². The van der Waals surface area contributed by atoms with E-state index in [4.69, 9.17) is 9.47 Å². The molecule has 1 aromatic rings. The maximum absolute atomic E-state index is 11.4. The second kappa shape index (κ2) is 5.53. The Morgan fingerprint density at radius 1 is 1.44 bits per heavy atom. The number of benzene rings is 1. The summed E-state index contributed by atoms with van der Waals surface area (Å²) >= 11 is 0. The molecule has 18 heavy (non-hydrogen) atoms. The van der Waals surface area contributed by atoms with Crippen LogP contribution in [0.2, 0.25) is 0 Å². The van der Waals surface area contributed by atoms with Crippen molar-refractivity contribution in [2.24, 2.45) is 0 Å². The number of hydrogen-bond donors (Lipinski definition) is 0. The molecular weight excluding hydrogens is 234 g/mol. The number of carbonyl (C=O) groups excluding carboxylic acids is 2. The molecule has 0 bridgehead atoms. The molecule has 96 valence electrons.